The average Bonchev–Trinajstić information content (AvgIpc) is 2.37. The molecule has 2 nitrogen and oxygen atoms in total. The van der Waals surface area contributed by atoms with Crippen LogP contribution in [0.4, 0.5) is 10.1 Å². The lowest BCUT2D eigenvalue weighted by Crippen LogP contribution is -2.47. The van der Waals surface area contributed by atoms with Gasteiger partial charge in [0.1, 0.15) is 5.82 Å². The molecule has 0 saturated carbocycles. The van der Waals surface area contributed by atoms with Crippen molar-refractivity contribution in [2.45, 2.75) is 52.1 Å². The van der Waals surface area contributed by atoms with Gasteiger partial charge in [0, 0.05) is 24.3 Å². The highest BCUT2D eigenvalue weighted by molar-refractivity contribution is 5.54. The Bertz CT molecular complexity index is 419. The standard InChI is InChI=1S/C16H25FN2/c1-4-8-18-15-7-9-19(13(3)11-15)16-6-5-14(17)10-12(16)2/h5-6,10,13,15,18H,4,7-9,11H2,1-3H3. The summed E-state index contributed by atoms with van der Waals surface area (Å²) >= 11 is 0. The third-order valence-corrected chi connectivity index (χ3v) is 4.03. The van der Waals surface area contributed by atoms with E-state index in [1.807, 2.05) is 13.0 Å². The quantitative estimate of drug-likeness (QED) is 0.895. The smallest absolute Gasteiger partial charge is 0.123 e. The second-order valence-electron chi connectivity index (χ2n) is 5.65. The summed E-state index contributed by atoms with van der Waals surface area (Å²) in [6.45, 7) is 8.62. The third-order valence-electron chi connectivity index (χ3n) is 4.03. The molecule has 0 amide bonds. The molecule has 1 saturated heterocycles. The van der Waals surface area contributed by atoms with Crippen molar-refractivity contribution < 1.29 is 4.39 Å². The molecule has 2 atom stereocenters. The second kappa shape index (κ2) is 6.38. The fourth-order valence-corrected chi connectivity index (χ4v) is 3.01. The maximum atomic E-state index is 13.2. The van der Waals surface area contributed by atoms with Crippen molar-refractivity contribution >= 4 is 5.69 Å². The van der Waals surface area contributed by atoms with E-state index in [1.165, 1.54) is 18.5 Å². The number of nitrogens with one attached hydrogen (secondary N) is 1. The lowest BCUT2D eigenvalue weighted by molar-refractivity contribution is 0.368. The summed E-state index contributed by atoms with van der Waals surface area (Å²) in [5.74, 6) is -0.145. The third kappa shape index (κ3) is 3.47. The molecule has 1 aliphatic rings. The SMILES string of the molecule is CCCNC1CCN(c2ccc(F)cc2C)C(C)C1. The van der Waals surface area contributed by atoms with E-state index in [-0.39, 0.29) is 5.82 Å². The zero-order valence-corrected chi connectivity index (χ0v) is 12.2. The molecule has 2 rings (SSSR count). The van der Waals surface area contributed by atoms with Gasteiger partial charge in [0.05, 0.1) is 0 Å². The van der Waals surface area contributed by atoms with Crippen LogP contribution in [0.3, 0.4) is 0 Å². The summed E-state index contributed by atoms with van der Waals surface area (Å²) in [4.78, 5) is 2.42. The molecule has 1 aromatic carbocycles. The van der Waals surface area contributed by atoms with Gasteiger partial charge in [0.15, 0.2) is 0 Å². The van der Waals surface area contributed by atoms with Crippen LogP contribution in [-0.4, -0.2) is 25.2 Å². The number of rotatable bonds is 4. The van der Waals surface area contributed by atoms with E-state index in [9.17, 15) is 4.39 Å². The van der Waals surface area contributed by atoms with Gasteiger partial charge in [-0.1, -0.05) is 6.92 Å². The minimum absolute atomic E-state index is 0.145. The van der Waals surface area contributed by atoms with E-state index in [4.69, 9.17) is 0 Å². The average molecular weight is 264 g/mol. The van der Waals surface area contributed by atoms with Crippen LogP contribution in [-0.2, 0) is 0 Å². The van der Waals surface area contributed by atoms with Crippen molar-refractivity contribution in [2.75, 3.05) is 18.0 Å². The molecule has 0 spiro atoms. The number of nitrogens with zero attached hydrogens (tertiary/aromatic N) is 1. The lowest BCUT2D eigenvalue weighted by atomic mass is 9.96. The second-order valence-corrected chi connectivity index (χ2v) is 5.65. The summed E-state index contributed by atoms with van der Waals surface area (Å²) in [5, 5.41) is 3.61. The summed E-state index contributed by atoms with van der Waals surface area (Å²) in [6.07, 6.45) is 3.52. The number of hydrogen-bond donors (Lipinski definition) is 1. The molecule has 3 heteroatoms. The van der Waals surface area contributed by atoms with Crippen LogP contribution in [0, 0.1) is 12.7 Å². The van der Waals surface area contributed by atoms with E-state index < -0.39 is 0 Å². The fraction of sp³-hybridized carbons (Fsp3) is 0.625. The molecule has 1 N–H and O–H groups in total. The number of halogens is 1. The molecule has 0 radical (unpaired) electrons. The Balaban J connectivity index is 2.03. The number of anilines is 1. The molecule has 1 fully saturated rings. The van der Waals surface area contributed by atoms with E-state index in [2.05, 4.69) is 24.1 Å². The van der Waals surface area contributed by atoms with Gasteiger partial charge in [-0.25, -0.2) is 4.39 Å². The first-order chi connectivity index (χ1) is 9.11. The highest BCUT2D eigenvalue weighted by Gasteiger charge is 2.25. The monoisotopic (exact) mass is 264 g/mol. The normalized spacial score (nSPS) is 23.7. The zero-order chi connectivity index (χ0) is 13.8. The summed E-state index contributed by atoms with van der Waals surface area (Å²) in [5.41, 5.74) is 2.22. The molecule has 1 heterocycles. The summed E-state index contributed by atoms with van der Waals surface area (Å²) in [6, 6.07) is 6.25. The number of aryl methyl sites for hydroxylation is 1. The van der Waals surface area contributed by atoms with Gasteiger partial charge in [0.25, 0.3) is 0 Å². The van der Waals surface area contributed by atoms with E-state index >= 15 is 0 Å². The first-order valence-electron chi connectivity index (χ1n) is 7.38. The molecular weight excluding hydrogens is 239 g/mol. The van der Waals surface area contributed by atoms with Crippen LogP contribution < -0.4 is 10.2 Å². The van der Waals surface area contributed by atoms with Crippen LogP contribution in [0.15, 0.2) is 18.2 Å². The first-order valence-corrected chi connectivity index (χ1v) is 7.38. The zero-order valence-electron chi connectivity index (χ0n) is 12.2. The molecule has 1 aromatic rings. The van der Waals surface area contributed by atoms with Crippen LogP contribution in [0.2, 0.25) is 0 Å². The largest absolute Gasteiger partial charge is 0.368 e. The van der Waals surface area contributed by atoms with Gasteiger partial charge in [0.2, 0.25) is 0 Å². The molecule has 1 aliphatic heterocycles. The maximum Gasteiger partial charge on any atom is 0.123 e. The number of piperidine rings is 1. The predicted molar refractivity (Wildman–Crippen MR) is 79.3 cm³/mol. The van der Waals surface area contributed by atoms with E-state index in [0.29, 0.717) is 12.1 Å². The lowest BCUT2D eigenvalue weighted by Gasteiger charge is -2.40. The van der Waals surface area contributed by atoms with E-state index in [1.54, 1.807) is 12.1 Å². The Morgan fingerprint density at radius 1 is 1.42 bits per heavy atom. The Hall–Kier alpha value is -1.09. The van der Waals surface area contributed by atoms with Crippen molar-refractivity contribution in [2.24, 2.45) is 0 Å². The maximum absolute atomic E-state index is 13.2. The fourth-order valence-electron chi connectivity index (χ4n) is 3.01. The van der Waals surface area contributed by atoms with Crippen LogP contribution in [0.1, 0.15) is 38.7 Å². The van der Waals surface area contributed by atoms with Gasteiger partial charge in [-0.05, 0) is 63.4 Å². The Morgan fingerprint density at radius 3 is 2.84 bits per heavy atom. The van der Waals surface area contributed by atoms with Gasteiger partial charge in [-0.15, -0.1) is 0 Å². The molecule has 106 valence electrons. The van der Waals surface area contributed by atoms with Crippen molar-refractivity contribution in [3.63, 3.8) is 0 Å². The molecule has 0 bridgehead atoms. The highest BCUT2D eigenvalue weighted by Crippen LogP contribution is 2.28. The minimum Gasteiger partial charge on any atom is -0.368 e. The van der Waals surface area contributed by atoms with Crippen LogP contribution >= 0.6 is 0 Å². The van der Waals surface area contributed by atoms with Gasteiger partial charge in [-0.3, -0.25) is 0 Å². The van der Waals surface area contributed by atoms with E-state index in [0.717, 1.165) is 25.1 Å². The molecule has 0 aliphatic carbocycles. The summed E-state index contributed by atoms with van der Waals surface area (Å²) < 4.78 is 13.2. The van der Waals surface area contributed by atoms with Gasteiger partial charge >= 0.3 is 0 Å². The van der Waals surface area contributed by atoms with Crippen molar-refractivity contribution in [1.82, 2.24) is 5.32 Å². The predicted octanol–water partition coefficient (Wildman–Crippen LogP) is 3.49. The first kappa shape index (κ1) is 14.3. The van der Waals surface area contributed by atoms with Crippen molar-refractivity contribution in [3.8, 4) is 0 Å². The Kier molecular flexibility index (Phi) is 4.81. The number of benzene rings is 1. The molecule has 19 heavy (non-hydrogen) atoms. The Labute approximate surface area is 116 Å². The molecular formula is C16H25FN2. The van der Waals surface area contributed by atoms with Gasteiger partial charge in [-0.2, -0.15) is 0 Å². The molecule has 2 unspecified atom stereocenters. The highest BCUT2D eigenvalue weighted by atomic mass is 19.1. The van der Waals surface area contributed by atoms with Crippen LogP contribution in [0.25, 0.3) is 0 Å². The Morgan fingerprint density at radius 2 is 2.21 bits per heavy atom. The van der Waals surface area contributed by atoms with Gasteiger partial charge < -0.3 is 10.2 Å². The molecule has 0 aromatic heterocycles. The minimum atomic E-state index is -0.145. The van der Waals surface area contributed by atoms with Crippen molar-refractivity contribution in [1.29, 1.82) is 0 Å². The number of hydrogen-bond acceptors (Lipinski definition) is 2. The summed E-state index contributed by atoms with van der Waals surface area (Å²) in [7, 11) is 0. The van der Waals surface area contributed by atoms with Crippen LogP contribution in [0.5, 0.6) is 0 Å². The van der Waals surface area contributed by atoms with Crippen molar-refractivity contribution in [3.05, 3.63) is 29.6 Å². The topological polar surface area (TPSA) is 15.3 Å².